The van der Waals surface area contributed by atoms with Crippen molar-refractivity contribution >= 4 is 5.97 Å². The Morgan fingerprint density at radius 1 is 1.00 bits per heavy atom. The molecule has 14 heteroatoms. The van der Waals surface area contributed by atoms with Crippen LogP contribution in [0.15, 0.2) is 70.3 Å². The van der Waals surface area contributed by atoms with Crippen LogP contribution in [0.4, 0.5) is 22.0 Å². The SMILES string of the molecule is COc1cccc(-c2c(C)n(Cc3c(F)cccc3C(F)(F)F)c(=O)n(-c3ccccc3CCNCCCC(=O)O)c2=O)c1F.[H-].[Na+]. The van der Waals surface area contributed by atoms with Crippen LogP contribution in [0.25, 0.3) is 16.8 Å². The molecule has 0 saturated heterocycles. The van der Waals surface area contributed by atoms with Gasteiger partial charge in [0.2, 0.25) is 0 Å². The first-order valence-electron chi connectivity index (χ1n) is 13.9. The third-order valence-electron chi connectivity index (χ3n) is 7.35. The Hall–Kier alpha value is -3.78. The topological polar surface area (TPSA) is 103 Å². The Balaban J connectivity index is 0.00000384. The number of hydrogen-bond donors (Lipinski definition) is 2. The zero-order chi connectivity index (χ0) is 32.9. The molecule has 0 spiro atoms. The molecule has 0 fully saturated rings. The standard InChI is InChI=1S/C32H30F5N3O5.Na.H/c1-19-28(21-9-5-13-26(45-2)29(21)34)30(43)40(25-12-4-3-8-20(25)15-17-38-16-7-14-27(41)42)31(44)39(19)18-22-23(32(35,36)37)10-6-11-24(22)33;;/h3-6,8-13,38H,7,14-18H2,1-2H3,(H,41,42);;/q;+1;-1. The van der Waals surface area contributed by atoms with Crippen LogP contribution in [-0.4, -0.2) is 40.4 Å². The van der Waals surface area contributed by atoms with E-state index >= 15 is 4.39 Å². The van der Waals surface area contributed by atoms with Gasteiger partial charge in [-0.05, 0) is 62.7 Å². The van der Waals surface area contributed by atoms with Gasteiger partial charge in [-0.3, -0.25) is 14.2 Å². The van der Waals surface area contributed by atoms with Crippen LogP contribution in [0.1, 0.15) is 36.7 Å². The average Bonchev–Trinajstić information content (AvgIpc) is 2.98. The summed E-state index contributed by atoms with van der Waals surface area (Å²) >= 11 is 0. The molecule has 0 aliphatic rings. The largest absolute Gasteiger partial charge is 1.00 e. The number of alkyl halides is 3. The molecule has 0 saturated carbocycles. The minimum atomic E-state index is -4.95. The summed E-state index contributed by atoms with van der Waals surface area (Å²) in [5.74, 6) is -3.29. The minimum absolute atomic E-state index is 0. The third-order valence-corrected chi connectivity index (χ3v) is 7.35. The van der Waals surface area contributed by atoms with Crippen LogP contribution in [0, 0.1) is 18.6 Å². The molecule has 3 aromatic carbocycles. The van der Waals surface area contributed by atoms with Gasteiger partial charge in [0.15, 0.2) is 11.6 Å². The Labute approximate surface area is 284 Å². The fraction of sp³-hybridized carbons (Fsp3) is 0.281. The second-order valence-corrected chi connectivity index (χ2v) is 10.2. The van der Waals surface area contributed by atoms with Gasteiger partial charge >= 0.3 is 47.4 Å². The van der Waals surface area contributed by atoms with E-state index in [1.54, 1.807) is 18.2 Å². The molecule has 4 aromatic rings. The van der Waals surface area contributed by atoms with E-state index in [0.717, 1.165) is 21.3 Å². The van der Waals surface area contributed by atoms with Crippen LogP contribution in [0.5, 0.6) is 5.75 Å². The number of benzene rings is 3. The monoisotopic (exact) mass is 655 g/mol. The number of aromatic nitrogens is 2. The minimum Gasteiger partial charge on any atom is -1.00 e. The van der Waals surface area contributed by atoms with Gasteiger partial charge < -0.3 is 16.6 Å². The van der Waals surface area contributed by atoms with E-state index in [2.05, 4.69) is 5.32 Å². The first kappa shape index (κ1) is 36.7. The third kappa shape index (κ3) is 7.95. The Bertz CT molecular complexity index is 1850. The molecule has 0 bridgehead atoms. The summed E-state index contributed by atoms with van der Waals surface area (Å²) in [5.41, 5.74) is -4.28. The number of carboxylic acids is 1. The second kappa shape index (κ2) is 15.7. The molecule has 0 amide bonds. The first-order valence-corrected chi connectivity index (χ1v) is 13.9. The number of para-hydroxylation sites is 1. The number of nitrogens with zero attached hydrogens (tertiary/aromatic N) is 2. The van der Waals surface area contributed by atoms with Crippen molar-refractivity contribution in [1.82, 2.24) is 14.5 Å². The normalized spacial score (nSPS) is 11.3. The smallest absolute Gasteiger partial charge is 1.00 e. The van der Waals surface area contributed by atoms with E-state index in [1.165, 1.54) is 38.3 Å². The molecular weight excluding hydrogens is 624 g/mol. The molecule has 0 radical (unpaired) electrons. The van der Waals surface area contributed by atoms with E-state index in [1.807, 2.05) is 0 Å². The molecule has 1 heterocycles. The van der Waals surface area contributed by atoms with Crippen molar-refractivity contribution < 1.29 is 67.6 Å². The van der Waals surface area contributed by atoms with E-state index in [9.17, 15) is 31.9 Å². The van der Waals surface area contributed by atoms with E-state index in [4.69, 9.17) is 9.84 Å². The van der Waals surface area contributed by atoms with Gasteiger partial charge in [0.05, 0.1) is 30.5 Å². The average molecular weight is 656 g/mol. The number of nitrogens with one attached hydrogen (secondary N) is 1. The van der Waals surface area contributed by atoms with Gasteiger partial charge in [0, 0.05) is 23.2 Å². The zero-order valence-corrected chi connectivity index (χ0v) is 27.4. The molecule has 1 aromatic heterocycles. The number of hydrogen-bond acceptors (Lipinski definition) is 5. The fourth-order valence-corrected chi connectivity index (χ4v) is 5.12. The summed E-state index contributed by atoms with van der Waals surface area (Å²) in [6.45, 7) is 1.11. The maximum absolute atomic E-state index is 15.6. The molecule has 46 heavy (non-hydrogen) atoms. The summed E-state index contributed by atoms with van der Waals surface area (Å²) < 4.78 is 78.9. The van der Waals surface area contributed by atoms with Crippen LogP contribution in [0.2, 0.25) is 0 Å². The molecule has 8 nitrogen and oxygen atoms in total. The predicted octanol–water partition coefficient (Wildman–Crippen LogP) is 2.44. The number of aliphatic carboxylic acids is 1. The maximum Gasteiger partial charge on any atom is 1.00 e. The summed E-state index contributed by atoms with van der Waals surface area (Å²) in [6.07, 6.45) is -4.32. The van der Waals surface area contributed by atoms with Crippen molar-refractivity contribution in [2.24, 2.45) is 0 Å². The Kier molecular flexibility index (Phi) is 12.5. The molecule has 0 unspecified atom stereocenters. The number of ether oxygens (including phenoxy) is 1. The Morgan fingerprint density at radius 3 is 2.37 bits per heavy atom. The quantitative estimate of drug-likeness (QED) is 0.138. The molecular formula is C32H31F5N3NaO5. The molecule has 240 valence electrons. The van der Waals surface area contributed by atoms with Crippen LogP contribution in [-0.2, 0) is 23.9 Å². The van der Waals surface area contributed by atoms with Crippen LogP contribution >= 0.6 is 0 Å². The van der Waals surface area contributed by atoms with E-state index < -0.39 is 52.7 Å². The van der Waals surface area contributed by atoms with Crippen molar-refractivity contribution in [1.29, 1.82) is 0 Å². The molecule has 0 aliphatic carbocycles. The molecule has 2 N–H and O–H groups in total. The fourth-order valence-electron chi connectivity index (χ4n) is 5.12. The first-order chi connectivity index (χ1) is 21.4. The number of rotatable bonds is 12. The van der Waals surface area contributed by atoms with Gasteiger partial charge in [-0.15, -0.1) is 0 Å². The Morgan fingerprint density at radius 2 is 1.70 bits per heavy atom. The number of carbonyl (C=O) groups is 1. The number of halogens is 5. The summed E-state index contributed by atoms with van der Waals surface area (Å²) in [4.78, 5) is 38.9. The van der Waals surface area contributed by atoms with Crippen molar-refractivity contribution in [3.05, 3.63) is 116 Å². The summed E-state index contributed by atoms with van der Waals surface area (Å²) in [6, 6.07) is 12.8. The van der Waals surface area contributed by atoms with Gasteiger partial charge in [-0.1, -0.05) is 36.4 Å². The van der Waals surface area contributed by atoms with Gasteiger partial charge in [-0.25, -0.2) is 18.1 Å². The van der Waals surface area contributed by atoms with E-state index in [-0.39, 0.29) is 72.1 Å². The molecule has 0 aliphatic heterocycles. The number of methoxy groups -OCH3 is 1. The van der Waals surface area contributed by atoms with Crippen LogP contribution in [0.3, 0.4) is 0 Å². The van der Waals surface area contributed by atoms with Crippen LogP contribution < -0.4 is 50.9 Å². The van der Waals surface area contributed by atoms with Crippen molar-refractivity contribution in [2.75, 3.05) is 20.2 Å². The van der Waals surface area contributed by atoms with Crippen molar-refractivity contribution in [3.63, 3.8) is 0 Å². The van der Waals surface area contributed by atoms with Crippen molar-refractivity contribution in [2.45, 2.75) is 38.9 Å². The van der Waals surface area contributed by atoms with Gasteiger partial charge in [0.25, 0.3) is 5.56 Å². The second-order valence-electron chi connectivity index (χ2n) is 10.2. The van der Waals surface area contributed by atoms with Gasteiger partial charge in [-0.2, -0.15) is 13.2 Å². The molecule has 0 atom stereocenters. The van der Waals surface area contributed by atoms with Gasteiger partial charge in [0.1, 0.15) is 5.82 Å². The zero-order valence-electron chi connectivity index (χ0n) is 26.4. The summed E-state index contributed by atoms with van der Waals surface area (Å²) in [5, 5.41) is 11.9. The van der Waals surface area contributed by atoms with Crippen molar-refractivity contribution in [3.8, 4) is 22.6 Å². The maximum atomic E-state index is 15.6. The predicted molar refractivity (Wildman–Crippen MR) is 158 cm³/mol. The van der Waals surface area contributed by atoms with E-state index in [0.29, 0.717) is 31.1 Å². The summed E-state index contributed by atoms with van der Waals surface area (Å²) in [7, 11) is 1.22. The number of carboxylic acid groups (broad SMARTS) is 1. The molecule has 4 rings (SSSR count).